The molecule has 1 aliphatic rings. The van der Waals surface area contributed by atoms with Gasteiger partial charge in [-0.1, -0.05) is 31.5 Å². The quantitative estimate of drug-likeness (QED) is 0.700. The molecule has 1 heteroatoms. The SMILES string of the molecule is CCC1CCc2cc3ccccc3nc2C1. The fourth-order valence-corrected chi connectivity index (χ4v) is 2.68. The maximum Gasteiger partial charge on any atom is 0.0705 e. The van der Waals surface area contributed by atoms with Crippen LogP contribution in [0.5, 0.6) is 0 Å². The highest BCUT2D eigenvalue weighted by Gasteiger charge is 2.18. The van der Waals surface area contributed by atoms with E-state index in [-0.39, 0.29) is 0 Å². The Morgan fingerprint density at radius 3 is 3.06 bits per heavy atom. The first-order chi connectivity index (χ1) is 7.86. The van der Waals surface area contributed by atoms with Crippen molar-refractivity contribution in [3.05, 3.63) is 41.6 Å². The highest BCUT2D eigenvalue weighted by atomic mass is 14.7. The lowest BCUT2D eigenvalue weighted by Crippen LogP contribution is -2.15. The van der Waals surface area contributed by atoms with Gasteiger partial charge in [-0.3, -0.25) is 4.98 Å². The van der Waals surface area contributed by atoms with Gasteiger partial charge in [-0.25, -0.2) is 0 Å². The van der Waals surface area contributed by atoms with Crippen molar-refractivity contribution in [2.24, 2.45) is 5.92 Å². The molecule has 1 heterocycles. The van der Waals surface area contributed by atoms with Gasteiger partial charge in [0.2, 0.25) is 0 Å². The molecule has 0 fully saturated rings. The van der Waals surface area contributed by atoms with Crippen LogP contribution in [0.1, 0.15) is 31.0 Å². The standard InChI is InChI=1S/C15H17N/c1-2-11-7-8-13-10-12-5-3-4-6-14(12)16-15(13)9-11/h3-6,10-11H,2,7-9H2,1H3. The van der Waals surface area contributed by atoms with Crippen molar-refractivity contribution in [1.29, 1.82) is 0 Å². The molecule has 82 valence electrons. The van der Waals surface area contributed by atoms with Crippen molar-refractivity contribution >= 4 is 10.9 Å². The molecule has 0 spiro atoms. The van der Waals surface area contributed by atoms with E-state index in [4.69, 9.17) is 4.98 Å². The number of para-hydroxylation sites is 1. The van der Waals surface area contributed by atoms with Crippen molar-refractivity contribution in [3.63, 3.8) is 0 Å². The third-order valence-electron chi connectivity index (χ3n) is 3.77. The Hall–Kier alpha value is -1.37. The summed E-state index contributed by atoms with van der Waals surface area (Å²) in [5.74, 6) is 0.848. The number of aryl methyl sites for hydroxylation is 1. The summed E-state index contributed by atoms with van der Waals surface area (Å²) in [4.78, 5) is 4.81. The molecule has 1 aromatic carbocycles. The van der Waals surface area contributed by atoms with Gasteiger partial charge in [0.25, 0.3) is 0 Å². The first-order valence-electron chi connectivity index (χ1n) is 6.24. The third-order valence-corrected chi connectivity index (χ3v) is 3.77. The van der Waals surface area contributed by atoms with Crippen LogP contribution in [0.3, 0.4) is 0 Å². The van der Waals surface area contributed by atoms with Crippen molar-refractivity contribution < 1.29 is 0 Å². The number of aromatic nitrogens is 1. The van der Waals surface area contributed by atoms with E-state index in [1.165, 1.54) is 42.3 Å². The Morgan fingerprint density at radius 1 is 1.31 bits per heavy atom. The molecule has 2 aromatic rings. The second-order valence-corrected chi connectivity index (χ2v) is 4.80. The fraction of sp³-hybridized carbons (Fsp3) is 0.400. The van der Waals surface area contributed by atoms with E-state index in [0.717, 1.165) is 11.4 Å². The molecule has 0 saturated carbocycles. The Kier molecular flexibility index (Phi) is 2.39. The minimum absolute atomic E-state index is 0.848. The zero-order chi connectivity index (χ0) is 11.0. The number of rotatable bonds is 1. The maximum absolute atomic E-state index is 4.81. The second-order valence-electron chi connectivity index (χ2n) is 4.80. The Morgan fingerprint density at radius 2 is 2.19 bits per heavy atom. The Labute approximate surface area is 96.5 Å². The molecule has 16 heavy (non-hydrogen) atoms. The van der Waals surface area contributed by atoms with Gasteiger partial charge >= 0.3 is 0 Å². The van der Waals surface area contributed by atoms with Gasteiger partial charge in [0.05, 0.1) is 5.52 Å². The predicted molar refractivity (Wildman–Crippen MR) is 67.5 cm³/mol. The van der Waals surface area contributed by atoms with E-state index in [1.54, 1.807) is 0 Å². The van der Waals surface area contributed by atoms with E-state index in [1.807, 2.05) is 0 Å². The number of hydrogen-bond acceptors (Lipinski definition) is 1. The molecule has 1 unspecified atom stereocenters. The minimum atomic E-state index is 0.848. The average Bonchev–Trinajstić information content (AvgIpc) is 2.35. The lowest BCUT2D eigenvalue weighted by atomic mass is 9.85. The van der Waals surface area contributed by atoms with E-state index in [9.17, 15) is 0 Å². The van der Waals surface area contributed by atoms with Gasteiger partial charge < -0.3 is 0 Å². The molecular formula is C15H17N. The largest absolute Gasteiger partial charge is 0.253 e. The summed E-state index contributed by atoms with van der Waals surface area (Å²) in [6.45, 7) is 2.29. The van der Waals surface area contributed by atoms with Gasteiger partial charge in [-0.15, -0.1) is 0 Å². The number of nitrogens with zero attached hydrogens (tertiary/aromatic N) is 1. The Bertz CT molecular complexity index is 516. The first-order valence-corrected chi connectivity index (χ1v) is 6.24. The van der Waals surface area contributed by atoms with Gasteiger partial charge in [-0.2, -0.15) is 0 Å². The van der Waals surface area contributed by atoms with Crippen LogP contribution in [-0.2, 0) is 12.8 Å². The van der Waals surface area contributed by atoms with Crippen LogP contribution in [-0.4, -0.2) is 4.98 Å². The molecule has 0 saturated heterocycles. The van der Waals surface area contributed by atoms with Gasteiger partial charge in [0.1, 0.15) is 0 Å². The molecule has 3 rings (SSSR count). The molecule has 1 aromatic heterocycles. The third kappa shape index (κ3) is 1.60. The molecule has 1 nitrogen and oxygen atoms in total. The van der Waals surface area contributed by atoms with Crippen molar-refractivity contribution in [3.8, 4) is 0 Å². The molecule has 0 N–H and O–H groups in total. The summed E-state index contributed by atoms with van der Waals surface area (Å²) in [5, 5.41) is 1.29. The van der Waals surface area contributed by atoms with Crippen LogP contribution in [0.4, 0.5) is 0 Å². The number of fused-ring (bicyclic) bond motifs is 2. The number of benzene rings is 1. The zero-order valence-electron chi connectivity index (χ0n) is 9.74. The normalized spacial score (nSPS) is 19.7. The van der Waals surface area contributed by atoms with Crippen LogP contribution in [0.25, 0.3) is 10.9 Å². The van der Waals surface area contributed by atoms with Gasteiger partial charge in [0.15, 0.2) is 0 Å². The molecule has 0 aliphatic heterocycles. The molecule has 0 bridgehead atoms. The van der Waals surface area contributed by atoms with Crippen LogP contribution >= 0.6 is 0 Å². The second kappa shape index (κ2) is 3.89. The fourth-order valence-electron chi connectivity index (χ4n) is 2.68. The lowest BCUT2D eigenvalue weighted by Gasteiger charge is -2.23. The molecule has 0 radical (unpaired) electrons. The summed E-state index contributed by atoms with van der Waals surface area (Å²) in [7, 11) is 0. The zero-order valence-corrected chi connectivity index (χ0v) is 9.74. The van der Waals surface area contributed by atoms with E-state index >= 15 is 0 Å². The van der Waals surface area contributed by atoms with Crippen LogP contribution in [0, 0.1) is 5.92 Å². The minimum Gasteiger partial charge on any atom is -0.253 e. The first kappa shape index (κ1) is 9.83. The monoisotopic (exact) mass is 211 g/mol. The van der Waals surface area contributed by atoms with E-state index < -0.39 is 0 Å². The topological polar surface area (TPSA) is 12.9 Å². The predicted octanol–water partition coefficient (Wildman–Crippen LogP) is 3.75. The lowest BCUT2D eigenvalue weighted by molar-refractivity contribution is 0.439. The van der Waals surface area contributed by atoms with Gasteiger partial charge in [0, 0.05) is 11.1 Å². The summed E-state index contributed by atoms with van der Waals surface area (Å²) in [5.41, 5.74) is 3.97. The maximum atomic E-state index is 4.81. The van der Waals surface area contributed by atoms with E-state index in [2.05, 4.69) is 37.3 Å². The van der Waals surface area contributed by atoms with Crippen LogP contribution in [0.2, 0.25) is 0 Å². The van der Waals surface area contributed by atoms with E-state index in [0.29, 0.717) is 0 Å². The number of pyridine rings is 1. The molecular weight excluding hydrogens is 194 g/mol. The van der Waals surface area contributed by atoms with Gasteiger partial charge in [-0.05, 0) is 42.9 Å². The Balaban J connectivity index is 2.10. The van der Waals surface area contributed by atoms with Crippen molar-refractivity contribution in [2.75, 3.05) is 0 Å². The highest BCUT2D eigenvalue weighted by molar-refractivity contribution is 5.79. The van der Waals surface area contributed by atoms with Crippen LogP contribution < -0.4 is 0 Å². The average molecular weight is 211 g/mol. The van der Waals surface area contributed by atoms with Crippen molar-refractivity contribution in [1.82, 2.24) is 4.98 Å². The molecule has 1 aliphatic carbocycles. The van der Waals surface area contributed by atoms with Crippen LogP contribution in [0.15, 0.2) is 30.3 Å². The molecule has 1 atom stereocenters. The molecule has 0 amide bonds. The number of hydrogen-bond donors (Lipinski definition) is 0. The summed E-state index contributed by atoms with van der Waals surface area (Å²) >= 11 is 0. The van der Waals surface area contributed by atoms with Crippen molar-refractivity contribution in [2.45, 2.75) is 32.6 Å². The highest BCUT2D eigenvalue weighted by Crippen LogP contribution is 2.28. The summed E-state index contributed by atoms with van der Waals surface area (Å²) in [6.07, 6.45) is 5.01. The summed E-state index contributed by atoms with van der Waals surface area (Å²) in [6, 6.07) is 10.8. The summed E-state index contributed by atoms with van der Waals surface area (Å²) < 4.78 is 0. The smallest absolute Gasteiger partial charge is 0.0705 e.